The van der Waals surface area contributed by atoms with E-state index < -0.39 is 5.91 Å². The summed E-state index contributed by atoms with van der Waals surface area (Å²) < 4.78 is 5.61. The van der Waals surface area contributed by atoms with Gasteiger partial charge in [-0.1, -0.05) is 31.4 Å². The van der Waals surface area contributed by atoms with Crippen LogP contribution in [0, 0.1) is 0 Å². The zero-order valence-corrected chi connectivity index (χ0v) is 19.3. The van der Waals surface area contributed by atoms with Gasteiger partial charge >= 0.3 is 0 Å². The van der Waals surface area contributed by atoms with Crippen molar-refractivity contribution in [3.8, 4) is 16.9 Å². The van der Waals surface area contributed by atoms with E-state index in [4.69, 9.17) is 4.74 Å². The van der Waals surface area contributed by atoms with E-state index in [2.05, 4.69) is 18.5 Å². The van der Waals surface area contributed by atoms with Crippen molar-refractivity contribution in [3.63, 3.8) is 0 Å². The molecule has 2 aromatic rings. The monoisotopic (exact) mass is 472 g/mol. The first kappa shape index (κ1) is 22.4. The Morgan fingerprint density at radius 2 is 1.80 bits per heavy atom. The van der Waals surface area contributed by atoms with Gasteiger partial charge in [-0.3, -0.25) is 24.1 Å². The maximum Gasteiger partial charge on any atom is 0.271 e. The lowest BCUT2D eigenvalue weighted by Crippen LogP contribution is -2.46. The zero-order chi connectivity index (χ0) is 24.9. The summed E-state index contributed by atoms with van der Waals surface area (Å²) in [7, 11) is 1.70. The van der Waals surface area contributed by atoms with Crippen LogP contribution in [0.15, 0.2) is 61.0 Å². The van der Waals surface area contributed by atoms with Gasteiger partial charge in [0.1, 0.15) is 11.4 Å². The summed E-state index contributed by atoms with van der Waals surface area (Å²) in [6.07, 6.45) is 0.924. The van der Waals surface area contributed by atoms with Crippen molar-refractivity contribution in [1.29, 1.82) is 0 Å². The van der Waals surface area contributed by atoms with Crippen LogP contribution in [0.2, 0.25) is 0 Å². The largest absolute Gasteiger partial charge is 0.482 e. The topological polar surface area (TPSA) is 99.3 Å². The Morgan fingerprint density at radius 1 is 1.06 bits per heavy atom. The van der Waals surface area contributed by atoms with E-state index in [1.807, 2.05) is 24.3 Å². The van der Waals surface area contributed by atoms with Gasteiger partial charge in [0.25, 0.3) is 23.6 Å². The van der Waals surface area contributed by atoms with Crippen LogP contribution < -0.4 is 15.0 Å². The third kappa shape index (κ3) is 3.74. The van der Waals surface area contributed by atoms with Crippen LogP contribution in [0.25, 0.3) is 11.1 Å². The van der Waals surface area contributed by atoms with Crippen molar-refractivity contribution in [2.45, 2.75) is 13.0 Å². The number of hydrogen-bond acceptors (Lipinski definition) is 5. The number of ether oxygens (including phenoxy) is 1. The summed E-state index contributed by atoms with van der Waals surface area (Å²) in [5.41, 5.74) is 3.42. The molecule has 5 rings (SSSR count). The van der Waals surface area contributed by atoms with Crippen molar-refractivity contribution in [3.05, 3.63) is 72.1 Å². The van der Waals surface area contributed by atoms with Gasteiger partial charge in [-0.25, -0.2) is 0 Å². The quantitative estimate of drug-likeness (QED) is 0.672. The van der Waals surface area contributed by atoms with Crippen molar-refractivity contribution in [2.75, 3.05) is 31.6 Å². The number of carbonyl (C=O) groups is 4. The average molecular weight is 473 g/mol. The highest BCUT2D eigenvalue weighted by Crippen LogP contribution is 2.39. The second-order valence-corrected chi connectivity index (χ2v) is 8.67. The fourth-order valence-electron chi connectivity index (χ4n) is 4.36. The SMILES string of the molecule is C=C(NC(=O)C(=C)N1Cc2c(cccc2-c2ccc3c(c2)OCC(=O)N3C)C1=O)C(=O)N1CCC1. The lowest BCUT2D eigenvalue weighted by atomic mass is 9.96. The molecular weight excluding hydrogens is 448 g/mol. The summed E-state index contributed by atoms with van der Waals surface area (Å²) in [6, 6.07) is 10.9. The van der Waals surface area contributed by atoms with Crippen LogP contribution >= 0.6 is 0 Å². The van der Waals surface area contributed by atoms with Crippen LogP contribution in [0.5, 0.6) is 5.75 Å². The summed E-state index contributed by atoms with van der Waals surface area (Å²) in [5, 5.41) is 2.47. The highest BCUT2D eigenvalue weighted by atomic mass is 16.5. The number of hydrogen-bond donors (Lipinski definition) is 1. The molecule has 178 valence electrons. The molecule has 0 aliphatic carbocycles. The first-order chi connectivity index (χ1) is 16.8. The lowest BCUT2D eigenvalue weighted by molar-refractivity contribution is -0.132. The molecule has 0 aromatic heterocycles. The van der Waals surface area contributed by atoms with E-state index in [1.165, 1.54) is 4.90 Å². The highest BCUT2D eigenvalue weighted by Gasteiger charge is 2.34. The molecule has 35 heavy (non-hydrogen) atoms. The maximum atomic E-state index is 13.1. The Bertz CT molecular complexity index is 1330. The first-order valence-electron chi connectivity index (χ1n) is 11.2. The van der Waals surface area contributed by atoms with Gasteiger partial charge in [-0.2, -0.15) is 0 Å². The molecule has 3 aliphatic heterocycles. The fraction of sp³-hybridized carbons (Fsp3) is 0.231. The van der Waals surface area contributed by atoms with Gasteiger partial charge in [0, 0.05) is 25.7 Å². The molecule has 0 radical (unpaired) electrons. The second-order valence-electron chi connectivity index (χ2n) is 8.67. The highest BCUT2D eigenvalue weighted by molar-refractivity contribution is 6.08. The van der Waals surface area contributed by atoms with Gasteiger partial charge in [0.05, 0.1) is 17.9 Å². The number of nitrogens with one attached hydrogen (secondary N) is 1. The van der Waals surface area contributed by atoms with Gasteiger partial charge in [-0.15, -0.1) is 0 Å². The number of carbonyl (C=O) groups excluding carboxylic acids is 4. The van der Waals surface area contributed by atoms with Gasteiger partial charge < -0.3 is 19.9 Å². The Kier molecular flexibility index (Phi) is 5.39. The standard InChI is InChI=1S/C26H24N4O5/c1-15(25(33)29-10-5-11-29)27-24(32)16(2)30-13-20-18(6-4-7-19(20)26(30)34)17-8-9-21-22(12-17)35-14-23(31)28(21)3/h4,6-9,12H,1-2,5,10-11,13-14H2,3H3,(H,27,32). The zero-order valence-electron chi connectivity index (χ0n) is 19.3. The molecule has 3 heterocycles. The summed E-state index contributed by atoms with van der Waals surface area (Å²) in [5.74, 6) is -0.879. The number of likely N-dealkylation sites (tertiary alicyclic amines) is 1. The van der Waals surface area contributed by atoms with E-state index in [0.717, 1.165) is 23.1 Å². The Morgan fingerprint density at radius 3 is 2.51 bits per heavy atom. The van der Waals surface area contributed by atoms with E-state index in [1.54, 1.807) is 29.0 Å². The lowest BCUT2D eigenvalue weighted by Gasteiger charge is -2.31. The number of anilines is 1. The molecule has 1 saturated heterocycles. The van der Waals surface area contributed by atoms with Crippen molar-refractivity contribution in [1.82, 2.24) is 15.1 Å². The van der Waals surface area contributed by atoms with Crippen LogP contribution in [-0.4, -0.2) is 60.2 Å². The summed E-state index contributed by atoms with van der Waals surface area (Å²) >= 11 is 0. The minimum Gasteiger partial charge on any atom is -0.482 e. The minimum atomic E-state index is -0.651. The molecule has 3 aliphatic rings. The third-order valence-electron chi connectivity index (χ3n) is 6.58. The summed E-state index contributed by atoms with van der Waals surface area (Å²) in [6.45, 7) is 8.86. The number of likely N-dealkylation sites (N-methyl/N-ethyl adjacent to an activating group) is 1. The molecule has 2 aromatic carbocycles. The maximum absolute atomic E-state index is 13.1. The molecular formula is C26H24N4O5. The van der Waals surface area contributed by atoms with E-state index in [-0.39, 0.29) is 42.3 Å². The van der Waals surface area contributed by atoms with E-state index >= 15 is 0 Å². The van der Waals surface area contributed by atoms with E-state index in [0.29, 0.717) is 30.1 Å². The fourth-order valence-corrected chi connectivity index (χ4v) is 4.36. The Balaban J connectivity index is 1.37. The average Bonchev–Trinajstić information content (AvgIpc) is 3.16. The Hall–Kier alpha value is -4.40. The molecule has 1 N–H and O–H groups in total. The van der Waals surface area contributed by atoms with Crippen molar-refractivity contribution in [2.24, 2.45) is 0 Å². The molecule has 1 fully saturated rings. The number of rotatable bonds is 5. The van der Waals surface area contributed by atoms with Crippen molar-refractivity contribution >= 4 is 29.3 Å². The smallest absolute Gasteiger partial charge is 0.271 e. The minimum absolute atomic E-state index is 0.0351. The van der Waals surface area contributed by atoms with Crippen LogP contribution in [0.3, 0.4) is 0 Å². The molecule has 9 nitrogen and oxygen atoms in total. The predicted octanol–water partition coefficient (Wildman–Crippen LogP) is 2.04. The molecule has 0 saturated carbocycles. The second kappa shape index (κ2) is 8.43. The number of fused-ring (bicyclic) bond motifs is 2. The normalized spacial score (nSPS) is 16.2. The van der Waals surface area contributed by atoms with E-state index in [9.17, 15) is 19.2 Å². The molecule has 9 heteroatoms. The van der Waals surface area contributed by atoms with Gasteiger partial charge in [-0.05, 0) is 41.3 Å². The van der Waals surface area contributed by atoms with Crippen molar-refractivity contribution < 1.29 is 23.9 Å². The van der Waals surface area contributed by atoms with Gasteiger partial charge in [0.15, 0.2) is 6.61 Å². The summed E-state index contributed by atoms with van der Waals surface area (Å²) in [4.78, 5) is 54.5. The first-order valence-corrected chi connectivity index (χ1v) is 11.2. The molecule has 0 atom stereocenters. The van der Waals surface area contributed by atoms with Gasteiger partial charge in [0.2, 0.25) is 0 Å². The predicted molar refractivity (Wildman–Crippen MR) is 128 cm³/mol. The molecule has 0 bridgehead atoms. The molecule has 0 unspecified atom stereocenters. The third-order valence-corrected chi connectivity index (χ3v) is 6.58. The molecule has 4 amide bonds. The number of amides is 4. The number of benzene rings is 2. The van der Waals surface area contributed by atoms with Crippen LogP contribution in [0.1, 0.15) is 22.3 Å². The van der Waals surface area contributed by atoms with Crippen LogP contribution in [-0.2, 0) is 20.9 Å². The van der Waals surface area contributed by atoms with Crippen LogP contribution in [0.4, 0.5) is 5.69 Å². The molecule has 0 spiro atoms. The Labute approximate surface area is 202 Å². The number of nitrogens with zero attached hydrogens (tertiary/aromatic N) is 3.